The van der Waals surface area contributed by atoms with Gasteiger partial charge in [0, 0.05) is 27.2 Å². The first kappa shape index (κ1) is 22.2. The SMILES string of the molecule is CN=C(NCC(c1ccccc1)N1CCCC1)NCC(C)(C)OC.I. The van der Waals surface area contributed by atoms with E-state index >= 15 is 0 Å². The molecule has 2 N–H and O–H groups in total. The standard InChI is InChI=1S/C19H32N4O.HI/c1-19(2,24-4)15-22-18(20-3)21-14-17(23-12-8-9-13-23)16-10-6-5-7-11-16;/h5-7,10-11,17H,8-9,12-15H2,1-4H3,(H2,20,21,22);1H. The maximum Gasteiger partial charge on any atom is 0.191 e. The van der Waals surface area contributed by atoms with Crippen LogP contribution in [0.25, 0.3) is 0 Å². The quantitative estimate of drug-likeness (QED) is 0.373. The first-order chi connectivity index (χ1) is 11.6. The Labute approximate surface area is 169 Å². The summed E-state index contributed by atoms with van der Waals surface area (Å²) in [6, 6.07) is 11.1. The predicted molar refractivity (Wildman–Crippen MR) is 116 cm³/mol. The molecule has 0 aliphatic carbocycles. The van der Waals surface area contributed by atoms with Gasteiger partial charge < -0.3 is 15.4 Å². The summed E-state index contributed by atoms with van der Waals surface area (Å²) in [7, 11) is 3.54. The van der Waals surface area contributed by atoms with Crippen LogP contribution in [0, 0.1) is 0 Å². The lowest BCUT2D eigenvalue weighted by Crippen LogP contribution is -2.47. The molecule has 1 aromatic carbocycles. The van der Waals surface area contributed by atoms with Crippen molar-refractivity contribution in [3.05, 3.63) is 35.9 Å². The van der Waals surface area contributed by atoms with Crippen LogP contribution in [0.1, 0.15) is 38.3 Å². The Kier molecular flexibility index (Phi) is 9.74. The molecule has 1 atom stereocenters. The minimum absolute atomic E-state index is 0. The van der Waals surface area contributed by atoms with E-state index in [4.69, 9.17) is 4.74 Å². The molecule has 1 saturated heterocycles. The molecular weight excluding hydrogens is 427 g/mol. The van der Waals surface area contributed by atoms with E-state index in [0.29, 0.717) is 12.6 Å². The molecule has 0 spiro atoms. The van der Waals surface area contributed by atoms with Crippen molar-refractivity contribution in [1.82, 2.24) is 15.5 Å². The first-order valence-corrected chi connectivity index (χ1v) is 8.84. The third-order valence-corrected chi connectivity index (χ3v) is 4.69. The van der Waals surface area contributed by atoms with Gasteiger partial charge in [0.2, 0.25) is 0 Å². The Balaban J connectivity index is 0.00000312. The van der Waals surface area contributed by atoms with E-state index in [1.165, 1.54) is 31.5 Å². The van der Waals surface area contributed by atoms with Crippen molar-refractivity contribution in [3.63, 3.8) is 0 Å². The highest BCUT2D eigenvalue weighted by atomic mass is 127. The van der Waals surface area contributed by atoms with Crippen LogP contribution in [0.15, 0.2) is 35.3 Å². The smallest absolute Gasteiger partial charge is 0.191 e. The van der Waals surface area contributed by atoms with Gasteiger partial charge in [-0.3, -0.25) is 9.89 Å². The molecule has 1 aliphatic rings. The Morgan fingerprint density at radius 2 is 1.84 bits per heavy atom. The second kappa shape index (κ2) is 11.0. The van der Waals surface area contributed by atoms with Crippen molar-refractivity contribution < 1.29 is 4.74 Å². The second-order valence-electron chi connectivity index (χ2n) is 6.94. The number of benzene rings is 1. The number of nitrogens with one attached hydrogen (secondary N) is 2. The fourth-order valence-electron chi connectivity index (χ4n) is 2.97. The Morgan fingerprint density at radius 3 is 2.40 bits per heavy atom. The molecule has 1 aliphatic heterocycles. The van der Waals surface area contributed by atoms with Gasteiger partial charge in [0.15, 0.2) is 5.96 Å². The van der Waals surface area contributed by atoms with Crippen molar-refractivity contribution >= 4 is 29.9 Å². The van der Waals surface area contributed by atoms with Gasteiger partial charge in [0.25, 0.3) is 0 Å². The third-order valence-electron chi connectivity index (χ3n) is 4.69. The number of aliphatic imine (C=N–C) groups is 1. The predicted octanol–water partition coefficient (Wildman–Crippen LogP) is 3.03. The first-order valence-electron chi connectivity index (χ1n) is 8.84. The Morgan fingerprint density at radius 1 is 1.20 bits per heavy atom. The van der Waals surface area contributed by atoms with Gasteiger partial charge in [0.05, 0.1) is 11.6 Å². The van der Waals surface area contributed by atoms with Gasteiger partial charge in [0.1, 0.15) is 0 Å². The lowest BCUT2D eigenvalue weighted by Gasteiger charge is -2.29. The molecule has 0 amide bonds. The normalized spacial score (nSPS) is 17.0. The number of halogens is 1. The second-order valence-corrected chi connectivity index (χ2v) is 6.94. The molecule has 6 heteroatoms. The Bertz CT molecular complexity index is 515. The van der Waals surface area contributed by atoms with E-state index in [1.807, 2.05) is 7.05 Å². The number of ether oxygens (including phenoxy) is 1. The molecule has 0 bridgehead atoms. The summed E-state index contributed by atoms with van der Waals surface area (Å²) >= 11 is 0. The van der Waals surface area contributed by atoms with Gasteiger partial charge in [-0.2, -0.15) is 0 Å². The van der Waals surface area contributed by atoms with Gasteiger partial charge in [-0.15, -0.1) is 24.0 Å². The van der Waals surface area contributed by atoms with E-state index in [2.05, 4.69) is 64.7 Å². The molecule has 1 fully saturated rings. The van der Waals surface area contributed by atoms with E-state index in [1.54, 1.807) is 7.11 Å². The summed E-state index contributed by atoms with van der Waals surface area (Å²) in [6.07, 6.45) is 2.58. The van der Waals surface area contributed by atoms with Crippen LogP contribution in [0.2, 0.25) is 0 Å². The highest BCUT2D eigenvalue weighted by molar-refractivity contribution is 14.0. The summed E-state index contributed by atoms with van der Waals surface area (Å²) in [5.41, 5.74) is 1.14. The number of methoxy groups -OCH3 is 1. The highest BCUT2D eigenvalue weighted by Crippen LogP contribution is 2.24. The summed E-state index contributed by atoms with van der Waals surface area (Å²) < 4.78 is 5.46. The van der Waals surface area contributed by atoms with Crippen LogP contribution < -0.4 is 10.6 Å². The lowest BCUT2D eigenvalue weighted by molar-refractivity contribution is 0.0268. The number of likely N-dealkylation sites (tertiary alicyclic amines) is 1. The molecule has 25 heavy (non-hydrogen) atoms. The average Bonchev–Trinajstić information content (AvgIpc) is 3.13. The zero-order valence-corrected chi connectivity index (χ0v) is 18.2. The lowest BCUT2D eigenvalue weighted by atomic mass is 10.1. The van der Waals surface area contributed by atoms with Crippen LogP contribution in [0.5, 0.6) is 0 Å². The number of rotatable bonds is 7. The molecule has 0 radical (unpaired) electrons. The van der Waals surface area contributed by atoms with Crippen LogP contribution >= 0.6 is 24.0 Å². The number of nitrogens with zero attached hydrogens (tertiary/aromatic N) is 2. The number of hydrogen-bond acceptors (Lipinski definition) is 3. The molecule has 142 valence electrons. The van der Waals surface area contributed by atoms with Gasteiger partial charge in [-0.1, -0.05) is 30.3 Å². The van der Waals surface area contributed by atoms with Crippen LogP contribution in [-0.4, -0.2) is 56.8 Å². The minimum atomic E-state index is -0.217. The van der Waals surface area contributed by atoms with Crippen LogP contribution in [0.4, 0.5) is 0 Å². The molecule has 0 saturated carbocycles. The van der Waals surface area contributed by atoms with Crippen molar-refractivity contribution in [2.75, 3.05) is 40.3 Å². The molecule has 1 unspecified atom stereocenters. The van der Waals surface area contributed by atoms with Crippen LogP contribution in [0.3, 0.4) is 0 Å². The number of guanidine groups is 1. The zero-order chi connectivity index (χ0) is 17.4. The molecule has 0 aromatic heterocycles. The fraction of sp³-hybridized carbons (Fsp3) is 0.632. The summed E-state index contributed by atoms with van der Waals surface area (Å²) in [5, 5.41) is 6.84. The van der Waals surface area contributed by atoms with E-state index in [-0.39, 0.29) is 29.6 Å². The highest BCUT2D eigenvalue weighted by Gasteiger charge is 2.24. The fourth-order valence-corrected chi connectivity index (χ4v) is 2.97. The summed E-state index contributed by atoms with van der Waals surface area (Å²) in [6.45, 7) is 8.02. The zero-order valence-electron chi connectivity index (χ0n) is 15.9. The van der Waals surface area contributed by atoms with Crippen molar-refractivity contribution in [1.29, 1.82) is 0 Å². The summed E-state index contributed by atoms with van der Waals surface area (Å²) in [5.74, 6) is 0.820. The van der Waals surface area contributed by atoms with Crippen molar-refractivity contribution in [3.8, 4) is 0 Å². The topological polar surface area (TPSA) is 48.9 Å². The van der Waals surface area contributed by atoms with Gasteiger partial charge >= 0.3 is 0 Å². The third kappa shape index (κ3) is 7.11. The van der Waals surface area contributed by atoms with Crippen molar-refractivity contribution in [2.45, 2.75) is 38.3 Å². The van der Waals surface area contributed by atoms with Crippen molar-refractivity contribution in [2.24, 2.45) is 4.99 Å². The van der Waals surface area contributed by atoms with E-state index in [0.717, 1.165) is 12.5 Å². The maximum absolute atomic E-state index is 5.46. The minimum Gasteiger partial charge on any atom is -0.377 e. The summed E-state index contributed by atoms with van der Waals surface area (Å²) in [4.78, 5) is 6.90. The maximum atomic E-state index is 5.46. The van der Waals surface area contributed by atoms with Gasteiger partial charge in [-0.25, -0.2) is 0 Å². The van der Waals surface area contributed by atoms with E-state index in [9.17, 15) is 0 Å². The van der Waals surface area contributed by atoms with E-state index < -0.39 is 0 Å². The molecule has 1 heterocycles. The average molecular weight is 460 g/mol. The molecule has 1 aromatic rings. The number of hydrogen-bond donors (Lipinski definition) is 2. The van der Waals surface area contributed by atoms with Crippen LogP contribution in [-0.2, 0) is 4.74 Å². The van der Waals surface area contributed by atoms with Gasteiger partial charge in [-0.05, 0) is 45.3 Å². The largest absolute Gasteiger partial charge is 0.377 e. The monoisotopic (exact) mass is 460 g/mol. The molecule has 2 rings (SSSR count). The Hall–Kier alpha value is -0.860. The molecule has 5 nitrogen and oxygen atoms in total. The molecular formula is C19H33IN4O.